The van der Waals surface area contributed by atoms with Crippen molar-refractivity contribution >= 4 is 21.6 Å². The number of hydrogen-bond donors (Lipinski definition) is 3. The second kappa shape index (κ2) is 5.70. The molecule has 1 aromatic rings. The van der Waals surface area contributed by atoms with E-state index < -0.39 is 24.5 Å². The van der Waals surface area contributed by atoms with E-state index in [2.05, 4.69) is 21.2 Å². The van der Waals surface area contributed by atoms with Crippen molar-refractivity contribution in [3.05, 3.63) is 28.2 Å². The third-order valence-electron chi connectivity index (χ3n) is 2.04. The van der Waals surface area contributed by atoms with Crippen LogP contribution in [0.3, 0.4) is 0 Å². The Kier molecular flexibility index (Phi) is 4.79. The SMILES string of the molecule is OCC(O)CNc1ccc(C(F)(F)F)cc1Br. The van der Waals surface area contributed by atoms with Gasteiger partial charge in [0.2, 0.25) is 0 Å². The number of alkyl halides is 3. The zero-order chi connectivity index (χ0) is 13.1. The maximum absolute atomic E-state index is 12.4. The van der Waals surface area contributed by atoms with Crippen LogP contribution in [0.4, 0.5) is 18.9 Å². The number of anilines is 1. The fraction of sp³-hybridized carbons (Fsp3) is 0.400. The van der Waals surface area contributed by atoms with E-state index >= 15 is 0 Å². The van der Waals surface area contributed by atoms with Crippen LogP contribution in [-0.4, -0.2) is 29.5 Å². The monoisotopic (exact) mass is 313 g/mol. The summed E-state index contributed by atoms with van der Waals surface area (Å²) in [4.78, 5) is 0. The van der Waals surface area contributed by atoms with E-state index in [0.29, 0.717) is 5.69 Å². The quantitative estimate of drug-likeness (QED) is 0.799. The number of aliphatic hydroxyl groups is 2. The first kappa shape index (κ1) is 14.3. The van der Waals surface area contributed by atoms with E-state index in [1.165, 1.54) is 6.07 Å². The van der Waals surface area contributed by atoms with Crippen LogP contribution < -0.4 is 5.32 Å². The largest absolute Gasteiger partial charge is 0.416 e. The van der Waals surface area contributed by atoms with Gasteiger partial charge in [0.25, 0.3) is 0 Å². The van der Waals surface area contributed by atoms with Crippen LogP contribution in [0, 0.1) is 0 Å². The maximum Gasteiger partial charge on any atom is 0.416 e. The average molecular weight is 314 g/mol. The molecule has 3 N–H and O–H groups in total. The van der Waals surface area contributed by atoms with Crippen molar-refractivity contribution in [3.8, 4) is 0 Å². The molecule has 0 aliphatic carbocycles. The summed E-state index contributed by atoms with van der Waals surface area (Å²) in [6.07, 6.45) is -5.34. The molecule has 0 saturated carbocycles. The summed E-state index contributed by atoms with van der Waals surface area (Å²) < 4.78 is 37.3. The number of nitrogens with one attached hydrogen (secondary N) is 1. The Hall–Kier alpha value is -0.790. The van der Waals surface area contributed by atoms with Crippen molar-refractivity contribution in [1.29, 1.82) is 0 Å². The van der Waals surface area contributed by atoms with E-state index in [9.17, 15) is 13.2 Å². The fourth-order valence-corrected chi connectivity index (χ4v) is 1.65. The Morgan fingerprint density at radius 3 is 2.47 bits per heavy atom. The zero-order valence-corrected chi connectivity index (χ0v) is 10.2. The van der Waals surface area contributed by atoms with Gasteiger partial charge in [-0.3, -0.25) is 0 Å². The molecular formula is C10H11BrF3NO2. The molecule has 0 aliphatic rings. The Morgan fingerprint density at radius 2 is 2.00 bits per heavy atom. The standard InChI is InChI=1S/C10H11BrF3NO2/c11-8-3-6(10(12,13)14)1-2-9(8)15-4-7(17)5-16/h1-3,7,15-17H,4-5H2. The molecule has 96 valence electrons. The third-order valence-corrected chi connectivity index (χ3v) is 2.69. The van der Waals surface area contributed by atoms with E-state index in [1.807, 2.05) is 0 Å². The first-order chi connectivity index (χ1) is 7.84. The molecule has 17 heavy (non-hydrogen) atoms. The topological polar surface area (TPSA) is 52.5 Å². The predicted octanol–water partition coefficient (Wildman–Crippen LogP) is 2.23. The molecule has 1 atom stereocenters. The summed E-state index contributed by atoms with van der Waals surface area (Å²) >= 11 is 3.00. The molecule has 0 radical (unpaired) electrons. The summed E-state index contributed by atoms with van der Waals surface area (Å²) in [5.41, 5.74) is -0.330. The van der Waals surface area contributed by atoms with Crippen LogP contribution in [0.25, 0.3) is 0 Å². The second-order valence-electron chi connectivity index (χ2n) is 3.41. The number of benzene rings is 1. The van der Waals surface area contributed by atoms with Crippen LogP contribution in [-0.2, 0) is 6.18 Å². The van der Waals surface area contributed by atoms with E-state index in [-0.39, 0.29) is 11.0 Å². The minimum atomic E-state index is -4.38. The molecule has 0 amide bonds. The van der Waals surface area contributed by atoms with Crippen molar-refractivity contribution in [2.45, 2.75) is 12.3 Å². The lowest BCUT2D eigenvalue weighted by Gasteiger charge is -2.13. The van der Waals surface area contributed by atoms with Gasteiger partial charge in [0, 0.05) is 16.7 Å². The molecule has 0 aliphatic heterocycles. The highest BCUT2D eigenvalue weighted by Crippen LogP contribution is 2.33. The molecule has 0 spiro atoms. The third kappa shape index (κ3) is 4.18. The summed E-state index contributed by atoms with van der Waals surface area (Å²) in [7, 11) is 0. The van der Waals surface area contributed by atoms with Gasteiger partial charge in [-0.05, 0) is 34.1 Å². The van der Waals surface area contributed by atoms with Crippen molar-refractivity contribution < 1.29 is 23.4 Å². The number of rotatable bonds is 4. The minimum Gasteiger partial charge on any atom is -0.394 e. The van der Waals surface area contributed by atoms with Crippen LogP contribution in [0.5, 0.6) is 0 Å². The molecule has 1 rings (SSSR count). The van der Waals surface area contributed by atoms with Crippen LogP contribution in [0.1, 0.15) is 5.56 Å². The zero-order valence-electron chi connectivity index (χ0n) is 8.63. The molecule has 0 aromatic heterocycles. The smallest absolute Gasteiger partial charge is 0.394 e. The van der Waals surface area contributed by atoms with Crippen LogP contribution >= 0.6 is 15.9 Å². The molecule has 1 unspecified atom stereocenters. The van der Waals surface area contributed by atoms with E-state index in [4.69, 9.17) is 10.2 Å². The van der Waals surface area contributed by atoms with Gasteiger partial charge in [0.15, 0.2) is 0 Å². The van der Waals surface area contributed by atoms with Gasteiger partial charge in [-0.2, -0.15) is 13.2 Å². The summed E-state index contributed by atoms with van der Waals surface area (Å²) in [6.45, 7) is -0.355. The number of halogens is 4. The van der Waals surface area contributed by atoms with Crippen LogP contribution in [0.15, 0.2) is 22.7 Å². The van der Waals surface area contributed by atoms with Gasteiger partial charge >= 0.3 is 6.18 Å². The maximum atomic E-state index is 12.4. The van der Waals surface area contributed by atoms with Crippen LogP contribution in [0.2, 0.25) is 0 Å². The second-order valence-corrected chi connectivity index (χ2v) is 4.26. The predicted molar refractivity (Wildman–Crippen MR) is 60.7 cm³/mol. The summed E-state index contributed by atoms with van der Waals surface area (Å²) in [5.74, 6) is 0. The lowest BCUT2D eigenvalue weighted by Crippen LogP contribution is -2.23. The highest BCUT2D eigenvalue weighted by Gasteiger charge is 2.30. The molecule has 0 bridgehead atoms. The summed E-state index contributed by atoms with van der Waals surface area (Å²) in [6, 6.07) is 3.16. The van der Waals surface area contributed by atoms with Crippen molar-refractivity contribution in [2.75, 3.05) is 18.5 Å². The fourth-order valence-electron chi connectivity index (χ4n) is 1.13. The lowest BCUT2D eigenvalue weighted by atomic mass is 10.2. The Labute approximate surface area is 104 Å². The normalized spacial score (nSPS) is 13.5. The highest BCUT2D eigenvalue weighted by atomic mass is 79.9. The van der Waals surface area contributed by atoms with Gasteiger partial charge in [0.05, 0.1) is 18.3 Å². The Balaban J connectivity index is 2.77. The molecule has 0 fully saturated rings. The van der Waals surface area contributed by atoms with E-state index in [1.54, 1.807) is 0 Å². The molecular weight excluding hydrogens is 303 g/mol. The van der Waals surface area contributed by atoms with Gasteiger partial charge in [-0.1, -0.05) is 0 Å². The molecule has 7 heteroatoms. The van der Waals surface area contributed by atoms with Gasteiger partial charge < -0.3 is 15.5 Å². The van der Waals surface area contributed by atoms with Gasteiger partial charge in [-0.15, -0.1) is 0 Å². The Morgan fingerprint density at radius 1 is 1.35 bits per heavy atom. The molecule has 1 aromatic carbocycles. The number of hydrogen-bond acceptors (Lipinski definition) is 3. The number of aliphatic hydroxyl groups excluding tert-OH is 2. The average Bonchev–Trinajstić information content (AvgIpc) is 2.25. The first-order valence-corrected chi connectivity index (χ1v) is 5.53. The van der Waals surface area contributed by atoms with Crippen molar-refractivity contribution in [1.82, 2.24) is 0 Å². The van der Waals surface area contributed by atoms with Gasteiger partial charge in [0.1, 0.15) is 0 Å². The first-order valence-electron chi connectivity index (χ1n) is 4.74. The molecule has 0 saturated heterocycles. The van der Waals surface area contributed by atoms with Crippen molar-refractivity contribution in [3.63, 3.8) is 0 Å². The van der Waals surface area contributed by atoms with Gasteiger partial charge in [-0.25, -0.2) is 0 Å². The highest BCUT2D eigenvalue weighted by molar-refractivity contribution is 9.10. The lowest BCUT2D eigenvalue weighted by molar-refractivity contribution is -0.137. The molecule has 3 nitrogen and oxygen atoms in total. The minimum absolute atomic E-state index is 0.0560. The van der Waals surface area contributed by atoms with Crippen molar-refractivity contribution in [2.24, 2.45) is 0 Å². The van der Waals surface area contributed by atoms with E-state index in [0.717, 1.165) is 12.1 Å². The molecule has 0 heterocycles. The Bertz CT molecular complexity index is 384. The summed E-state index contributed by atoms with van der Waals surface area (Å²) in [5, 5.41) is 20.4.